The number of H-pyrrole nitrogens is 1. The highest BCUT2D eigenvalue weighted by Gasteiger charge is 2.33. The number of esters is 1. The fraction of sp³-hybridized carbons (Fsp3) is 0.261. The van der Waals surface area contributed by atoms with Crippen LogP contribution in [0.1, 0.15) is 26.3 Å². The molecule has 6 nitrogen and oxygen atoms in total. The maximum Gasteiger partial charge on any atom is 0.322 e. The van der Waals surface area contributed by atoms with Gasteiger partial charge in [-0.15, -0.1) is 0 Å². The van der Waals surface area contributed by atoms with Crippen molar-refractivity contribution in [3.8, 4) is 5.69 Å². The lowest BCUT2D eigenvalue weighted by atomic mass is 10.2. The fourth-order valence-electron chi connectivity index (χ4n) is 3.41. The normalized spacial score (nSPS) is 11.9. The molecule has 0 saturated carbocycles. The van der Waals surface area contributed by atoms with Crippen LogP contribution in [-0.4, -0.2) is 31.9 Å². The van der Waals surface area contributed by atoms with Crippen LogP contribution < -0.4 is 5.56 Å². The monoisotopic (exact) mass is 421 g/mol. The van der Waals surface area contributed by atoms with E-state index in [4.69, 9.17) is 9.72 Å². The Kier molecular flexibility index (Phi) is 5.15. The van der Waals surface area contributed by atoms with Gasteiger partial charge in [0.25, 0.3) is 5.56 Å². The zero-order valence-electron chi connectivity index (χ0n) is 17.4. The molecule has 0 aliphatic rings. The maximum atomic E-state index is 13.6. The summed E-state index contributed by atoms with van der Waals surface area (Å²) in [6, 6.07) is 15.3. The number of nitrogens with zero attached hydrogens (tertiary/aromatic N) is 2. The lowest BCUT2D eigenvalue weighted by molar-refractivity contribution is -0.145. The first-order chi connectivity index (χ1) is 14.3. The molecule has 0 fully saturated rings. The Labute approximate surface area is 178 Å². The number of nitrogens with one attached hydrogen (secondary N) is 1. The zero-order valence-corrected chi connectivity index (χ0v) is 18.2. The largest absolute Gasteiger partial charge is 0.465 e. The third-order valence-corrected chi connectivity index (χ3v) is 6.10. The molecule has 0 atom stereocenters. The third kappa shape index (κ3) is 3.39. The minimum atomic E-state index is -0.917. The van der Waals surface area contributed by atoms with Crippen LogP contribution in [-0.2, 0) is 9.53 Å². The van der Waals surface area contributed by atoms with Gasteiger partial charge in [-0.1, -0.05) is 48.2 Å². The summed E-state index contributed by atoms with van der Waals surface area (Å²) in [5.74, 6) is -0.348. The van der Waals surface area contributed by atoms with E-state index in [2.05, 4.69) is 4.98 Å². The second kappa shape index (κ2) is 7.65. The first-order valence-corrected chi connectivity index (χ1v) is 10.6. The summed E-state index contributed by atoms with van der Waals surface area (Å²) in [5, 5.41) is 1.32. The minimum Gasteiger partial charge on any atom is -0.465 e. The number of ether oxygens (including phenoxy) is 1. The Hall–Kier alpha value is -3.06. The van der Waals surface area contributed by atoms with Crippen molar-refractivity contribution in [1.82, 2.24) is 14.5 Å². The molecule has 0 saturated heterocycles. The van der Waals surface area contributed by atoms with Gasteiger partial charge in [0.2, 0.25) is 0 Å². The SMILES string of the molecule is CCOC(=O)C(C)(C)Sc1nc2c([nH]c3ccccc32)c(=O)n1-c1ccccc1C. The van der Waals surface area contributed by atoms with E-state index in [0.29, 0.717) is 22.8 Å². The molecular weight excluding hydrogens is 398 g/mol. The molecule has 2 heterocycles. The van der Waals surface area contributed by atoms with E-state index in [-0.39, 0.29) is 11.5 Å². The molecule has 7 heteroatoms. The molecule has 0 spiro atoms. The van der Waals surface area contributed by atoms with Gasteiger partial charge in [0.05, 0.1) is 12.3 Å². The molecule has 0 aliphatic carbocycles. The van der Waals surface area contributed by atoms with E-state index >= 15 is 0 Å². The molecule has 2 aromatic heterocycles. The highest BCUT2D eigenvalue weighted by atomic mass is 32.2. The lowest BCUT2D eigenvalue weighted by Crippen LogP contribution is -2.32. The molecule has 154 valence electrons. The van der Waals surface area contributed by atoms with Crippen molar-refractivity contribution in [3.63, 3.8) is 0 Å². The summed E-state index contributed by atoms with van der Waals surface area (Å²) in [5.41, 5.74) is 3.36. The van der Waals surface area contributed by atoms with Crippen molar-refractivity contribution in [2.75, 3.05) is 6.61 Å². The molecule has 0 radical (unpaired) electrons. The van der Waals surface area contributed by atoms with E-state index in [1.54, 1.807) is 25.3 Å². The summed E-state index contributed by atoms with van der Waals surface area (Å²) < 4.78 is 5.91. The Balaban J connectivity index is 2.02. The Morgan fingerprint density at radius 2 is 1.87 bits per heavy atom. The molecular formula is C23H23N3O3S. The third-order valence-electron chi connectivity index (χ3n) is 4.96. The lowest BCUT2D eigenvalue weighted by Gasteiger charge is -2.23. The second-order valence-electron chi connectivity index (χ2n) is 7.55. The quantitative estimate of drug-likeness (QED) is 0.289. The molecule has 30 heavy (non-hydrogen) atoms. The molecule has 2 aromatic carbocycles. The van der Waals surface area contributed by atoms with E-state index < -0.39 is 4.75 Å². The summed E-state index contributed by atoms with van der Waals surface area (Å²) in [4.78, 5) is 34.2. The average Bonchev–Trinajstić information content (AvgIpc) is 3.08. The number of aromatic nitrogens is 3. The van der Waals surface area contributed by atoms with Gasteiger partial charge in [-0.05, 0) is 45.4 Å². The molecule has 0 bridgehead atoms. The number of benzene rings is 2. The van der Waals surface area contributed by atoms with Crippen molar-refractivity contribution in [3.05, 3.63) is 64.4 Å². The van der Waals surface area contributed by atoms with Gasteiger partial charge in [-0.25, -0.2) is 4.98 Å². The first kappa shape index (κ1) is 20.2. The highest BCUT2D eigenvalue weighted by Crippen LogP contribution is 2.35. The topological polar surface area (TPSA) is 77.0 Å². The van der Waals surface area contributed by atoms with Gasteiger partial charge in [-0.2, -0.15) is 0 Å². The van der Waals surface area contributed by atoms with E-state index in [1.807, 2.05) is 55.5 Å². The van der Waals surface area contributed by atoms with Crippen molar-refractivity contribution in [2.24, 2.45) is 0 Å². The molecule has 1 N–H and O–H groups in total. The number of aromatic amines is 1. The number of carbonyl (C=O) groups excluding carboxylic acids is 1. The first-order valence-electron chi connectivity index (χ1n) is 9.79. The molecule has 4 aromatic rings. The van der Waals surface area contributed by atoms with Crippen LogP contribution in [0.3, 0.4) is 0 Å². The second-order valence-corrected chi connectivity index (χ2v) is 9.14. The van der Waals surface area contributed by atoms with Gasteiger partial charge in [0.1, 0.15) is 15.8 Å². The number of fused-ring (bicyclic) bond motifs is 3. The van der Waals surface area contributed by atoms with Crippen LogP contribution in [0.2, 0.25) is 0 Å². The number of carbonyl (C=O) groups is 1. The Morgan fingerprint density at radius 3 is 2.60 bits per heavy atom. The van der Waals surface area contributed by atoms with Crippen LogP contribution in [0.4, 0.5) is 0 Å². The van der Waals surface area contributed by atoms with E-state index in [9.17, 15) is 9.59 Å². The van der Waals surface area contributed by atoms with E-state index in [0.717, 1.165) is 22.2 Å². The van der Waals surface area contributed by atoms with Crippen LogP contribution in [0, 0.1) is 6.92 Å². The highest BCUT2D eigenvalue weighted by molar-refractivity contribution is 8.01. The van der Waals surface area contributed by atoms with Gasteiger partial charge in [0, 0.05) is 10.9 Å². The van der Waals surface area contributed by atoms with Crippen LogP contribution >= 0.6 is 11.8 Å². The molecule has 0 amide bonds. The average molecular weight is 422 g/mol. The van der Waals surface area contributed by atoms with Crippen LogP contribution in [0.5, 0.6) is 0 Å². The standard InChI is InChI=1S/C23H23N3O3S/c1-5-29-21(28)23(3,4)30-22-25-18-15-11-7-8-12-16(15)24-19(18)20(27)26(22)17-13-9-6-10-14(17)2/h6-13,24H,5H2,1-4H3. The number of rotatable bonds is 5. The van der Waals surface area contributed by atoms with Crippen molar-refractivity contribution >= 4 is 39.7 Å². The predicted molar refractivity (Wildman–Crippen MR) is 121 cm³/mol. The fourth-order valence-corrected chi connectivity index (χ4v) is 4.42. The smallest absolute Gasteiger partial charge is 0.322 e. The number of hydrogen-bond acceptors (Lipinski definition) is 5. The van der Waals surface area contributed by atoms with Crippen LogP contribution in [0.15, 0.2) is 58.5 Å². The van der Waals surface area contributed by atoms with Crippen molar-refractivity contribution in [1.29, 1.82) is 0 Å². The van der Waals surface area contributed by atoms with Gasteiger partial charge < -0.3 is 9.72 Å². The van der Waals surface area contributed by atoms with Gasteiger partial charge in [0.15, 0.2) is 5.16 Å². The molecule has 0 unspecified atom stereocenters. The van der Waals surface area contributed by atoms with Crippen LogP contribution in [0.25, 0.3) is 27.6 Å². The molecule has 4 rings (SSSR count). The summed E-state index contributed by atoms with van der Waals surface area (Å²) in [6.07, 6.45) is 0. The van der Waals surface area contributed by atoms with Crippen molar-refractivity contribution < 1.29 is 9.53 Å². The van der Waals surface area contributed by atoms with Crippen molar-refractivity contribution in [2.45, 2.75) is 37.6 Å². The number of thioether (sulfide) groups is 1. The summed E-state index contributed by atoms with van der Waals surface area (Å²) in [7, 11) is 0. The van der Waals surface area contributed by atoms with E-state index in [1.165, 1.54) is 11.8 Å². The number of para-hydroxylation sites is 2. The Morgan fingerprint density at radius 1 is 1.17 bits per heavy atom. The Bertz CT molecular complexity index is 1320. The summed E-state index contributed by atoms with van der Waals surface area (Å²) >= 11 is 1.23. The zero-order chi connectivity index (χ0) is 21.5. The minimum absolute atomic E-state index is 0.201. The number of hydrogen-bond donors (Lipinski definition) is 1. The maximum absolute atomic E-state index is 13.6. The molecule has 0 aliphatic heterocycles. The van der Waals surface area contributed by atoms with Gasteiger partial charge in [-0.3, -0.25) is 14.2 Å². The van der Waals surface area contributed by atoms with Gasteiger partial charge >= 0.3 is 5.97 Å². The summed E-state index contributed by atoms with van der Waals surface area (Å²) in [6.45, 7) is 7.58. The number of aryl methyl sites for hydroxylation is 1. The predicted octanol–water partition coefficient (Wildman–Crippen LogP) is 4.61.